The SMILES string of the molecule is O=C1C[C@H](CNS(=O)(=O)c2ccccc2Cl)CN1c1ccc2c(c1)OCO2. The largest absolute Gasteiger partial charge is 0.454 e. The Balaban J connectivity index is 1.43. The molecule has 0 saturated carbocycles. The van der Waals surface area contributed by atoms with Gasteiger partial charge in [-0.3, -0.25) is 4.79 Å². The molecule has 9 heteroatoms. The fraction of sp³-hybridized carbons (Fsp3) is 0.278. The number of anilines is 1. The first kappa shape index (κ1) is 18.1. The zero-order chi connectivity index (χ0) is 19.0. The van der Waals surface area contributed by atoms with E-state index in [-0.39, 0.29) is 41.5 Å². The Morgan fingerprint density at radius 3 is 2.74 bits per heavy atom. The van der Waals surface area contributed by atoms with E-state index in [2.05, 4.69) is 4.72 Å². The number of nitrogens with zero attached hydrogens (tertiary/aromatic N) is 1. The Hall–Kier alpha value is -2.29. The van der Waals surface area contributed by atoms with E-state index < -0.39 is 10.0 Å². The number of fused-ring (bicyclic) bond motifs is 1. The number of amides is 1. The van der Waals surface area contributed by atoms with Crippen molar-refractivity contribution < 1.29 is 22.7 Å². The van der Waals surface area contributed by atoms with Crippen LogP contribution in [0.3, 0.4) is 0 Å². The van der Waals surface area contributed by atoms with Crippen LogP contribution < -0.4 is 19.1 Å². The first-order valence-electron chi connectivity index (χ1n) is 8.38. The minimum Gasteiger partial charge on any atom is -0.454 e. The van der Waals surface area contributed by atoms with Crippen molar-refractivity contribution in [2.24, 2.45) is 5.92 Å². The lowest BCUT2D eigenvalue weighted by molar-refractivity contribution is -0.117. The molecule has 1 atom stereocenters. The Bertz CT molecular complexity index is 995. The van der Waals surface area contributed by atoms with Crippen molar-refractivity contribution in [3.8, 4) is 11.5 Å². The summed E-state index contributed by atoms with van der Waals surface area (Å²) in [4.78, 5) is 14.1. The highest BCUT2D eigenvalue weighted by Gasteiger charge is 2.32. The predicted molar refractivity (Wildman–Crippen MR) is 99.7 cm³/mol. The molecule has 2 aliphatic heterocycles. The average molecular weight is 409 g/mol. The summed E-state index contributed by atoms with van der Waals surface area (Å²) in [5.74, 6) is 1.05. The summed E-state index contributed by atoms with van der Waals surface area (Å²) in [5, 5.41) is 0.162. The van der Waals surface area contributed by atoms with Crippen molar-refractivity contribution in [2.75, 3.05) is 24.8 Å². The Kier molecular flexibility index (Phi) is 4.71. The lowest BCUT2D eigenvalue weighted by Gasteiger charge is -2.17. The number of benzene rings is 2. The maximum absolute atomic E-state index is 12.4. The number of hydrogen-bond acceptors (Lipinski definition) is 5. The minimum atomic E-state index is -3.73. The maximum atomic E-state index is 12.4. The summed E-state index contributed by atoms with van der Waals surface area (Å²) < 4.78 is 38.1. The first-order chi connectivity index (χ1) is 12.9. The van der Waals surface area contributed by atoms with E-state index >= 15 is 0 Å². The van der Waals surface area contributed by atoms with Crippen molar-refractivity contribution in [1.29, 1.82) is 0 Å². The second kappa shape index (κ2) is 7.03. The van der Waals surface area contributed by atoms with Gasteiger partial charge in [0.1, 0.15) is 4.90 Å². The Labute approximate surface area is 161 Å². The smallest absolute Gasteiger partial charge is 0.242 e. The number of carbonyl (C=O) groups excluding carboxylic acids is 1. The molecular formula is C18H17ClN2O5S. The van der Waals surface area contributed by atoms with Crippen molar-refractivity contribution in [1.82, 2.24) is 4.72 Å². The molecule has 0 radical (unpaired) electrons. The summed E-state index contributed by atoms with van der Waals surface area (Å²) in [5.41, 5.74) is 0.709. The molecule has 2 heterocycles. The number of hydrogen-bond donors (Lipinski definition) is 1. The standard InChI is InChI=1S/C18H17ClN2O5S/c19-14-3-1-2-4-17(14)27(23,24)20-9-12-7-18(22)21(10-12)13-5-6-15-16(8-13)26-11-25-15/h1-6,8,12,20H,7,9-11H2/t12-/m1/s1. The van der Waals surface area contributed by atoms with Gasteiger partial charge in [-0.15, -0.1) is 0 Å². The molecule has 1 fully saturated rings. The van der Waals surface area contributed by atoms with Crippen LogP contribution in [0.5, 0.6) is 11.5 Å². The zero-order valence-corrected chi connectivity index (χ0v) is 15.8. The molecule has 1 saturated heterocycles. The fourth-order valence-electron chi connectivity index (χ4n) is 3.19. The third-order valence-electron chi connectivity index (χ3n) is 4.56. The van der Waals surface area contributed by atoms with E-state index in [9.17, 15) is 13.2 Å². The molecule has 0 spiro atoms. The van der Waals surface area contributed by atoms with Gasteiger partial charge in [-0.05, 0) is 30.2 Å². The third-order valence-corrected chi connectivity index (χ3v) is 6.48. The van der Waals surface area contributed by atoms with Gasteiger partial charge in [0.25, 0.3) is 0 Å². The molecule has 0 aliphatic carbocycles. The number of sulfonamides is 1. The Morgan fingerprint density at radius 2 is 1.93 bits per heavy atom. The van der Waals surface area contributed by atoms with Crippen LogP contribution in [0.25, 0.3) is 0 Å². The molecule has 27 heavy (non-hydrogen) atoms. The summed E-state index contributed by atoms with van der Waals surface area (Å²) >= 11 is 5.97. The third kappa shape index (κ3) is 3.60. The van der Waals surface area contributed by atoms with Crippen LogP contribution in [-0.4, -0.2) is 34.2 Å². The molecule has 2 aromatic carbocycles. The van der Waals surface area contributed by atoms with E-state index in [0.717, 1.165) is 0 Å². The second-order valence-electron chi connectivity index (χ2n) is 6.39. The quantitative estimate of drug-likeness (QED) is 0.821. The molecule has 1 N–H and O–H groups in total. The molecule has 7 nitrogen and oxygen atoms in total. The van der Waals surface area contributed by atoms with Crippen LogP contribution in [0.1, 0.15) is 6.42 Å². The van der Waals surface area contributed by atoms with Gasteiger partial charge in [0.05, 0.1) is 5.02 Å². The van der Waals surface area contributed by atoms with Gasteiger partial charge in [-0.25, -0.2) is 13.1 Å². The van der Waals surface area contributed by atoms with Gasteiger partial charge in [0.2, 0.25) is 22.7 Å². The molecule has 142 valence electrons. The van der Waals surface area contributed by atoms with Crippen molar-refractivity contribution in [3.63, 3.8) is 0 Å². The van der Waals surface area contributed by atoms with Gasteiger partial charge in [-0.1, -0.05) is 23.7 Å². The zero-order valence-electron chi connectivity index (χ0n) is 14.2. The molecule has 2 aromatic rings. The fourth-order valence-corrected chi connectivity index (χ4v) is 4.82. The predicted octanol–water partition coefficient (Wildman–Crippen LogP) is 2.40. The lowest BCUT2D eigenvalue weighted by atomic mass is 10.1. The number of halogens is 1. The molecule has 1 amide bonds. The average Bonchev–Trinajstić information content (AvgIpc) is 3.26. The summed E-state index contributed by atoms with van der Waals surface area (Å²) in [7, 11) is -3.73. The maximum Gasteiger partial charge on any atom is 0.242 e. The molecule has 4 rings (SSSR count). The highest BCUT2D eigenvalue weighted by Crippen LogP contribution is 2.37. The molecule has 0 bridgehead atoms. The Morgan fingerprint density at radius 1 is 1.15 bits per heavy atom. The monoisotopic (exact) mass is 408 g/mol. The second-order valence-corrected chi connectivity index (χ2v) is 8.54. The lowest BCUT2D eigenvalue weighted by Crippen LogP contribution is -2.31. The minimum absolute atomic E-state index is 0.0311. The van der Waals surface area contributed by atoms with Crippen LogP contribution in [0, 0.1) is 5.92 Å². The van der Waals surface area contributed by atoms with E-state index in [1.54, 1.807) is 35.2 Å². The van der Waals surface area contributed by atoms with Gasteiger partial charge in [-0.2, -0.15) is 0 Å². The van der Waals surface area contributed by atoms with Crippen molar-refractivity contribution in [2.45, 2.75) is 11.3 Å². The first-order valence-corrected chi connectivity index (χ1v) is 10.2. The van der Waals surface area contributed by atoms with Gasteiger partial charge in [0, 0.05) is 31.3 Å². The number of carbonyl (C=O) groups is 1. The van der Waals surface area contributed by atoms with Gasteiger partial charge < -0.3 is 14.4 Å². The molecule has 0 aromatic heterocycles. The molecule has 2 aliphatic rings. The summed E-state index contributed by atoms with van der Waals surface area (Å²) in [6.07, 6.45) is 0.263. The van der Waals surface area contributed by atoms with Gasteiger partial charge in [0.15, 0.2) is 11.5 Å². The van der Waals surface area contributed by atoms with Crippen LogP contribution in [0.4, 0.5) is 5.69 Å². The van der Waals surface area contributed by atoms with E-state index in [1.165, 1.54) is 12.1 Å². The van der Waals surface area contributed by atoms with E-state index in [0.29, 0.717) is 23.7 Å². The molecular weight excluding hydrogens is 392 g/mol. The van der Waals surface area contributed by atoms with Crippen LogP contribution in [-0.2, 0) is 14.8 Å². The normalized spacial score (nSPS) is 18.9. The van der Waals surface area contributed by atoms with Gasteiger partial charge >= 0.3 is 0 Å². The number of rotatable bonds is 5. The van der Waals surface area contributed by atoms with Crippen molar-refractivity contribution >= 4 is 33.2 Å². The van der Waals surface area contributed by atoms with E-state index in [4.69, 9.17) is 21.1 Å². The molecule has 0 unspecified atom stereocenters. The van der Waals surface area contributed by atoms with Crippen LogP contribution in [0.15, 0.2) is 47.4 Å². The summed E-state index contributed by atoms with van der Waals surface area (Å²) in [6.45, 7) is 0.739. The highest BCUT2D eigenvalue weighted by molar-refractivity contribution is 7.89. The number of ether oxygens (including phenoxy) is 2. The highest BCUT2D eigenvalue weighted by atomic mass is 35.5. The topological polar surface area (TPSA) is 84.9 Å². The number of nitrogens with one attached hydrogen (secondary N) is 1. The summed E-state index contributed by atoms with van der Waals surface area (Å²) in [6, 6.07) is 11.6. The van der Waals surface area contributed by atoms with Crippen LogP contribution in [0.2, 0.25) is 5.02 Å². The van der Waals surface area contributed by atoms with Crippen LogP contribution >= 0.6 is 11.6 Å². The van der Waals surface area contributed by atoms with Crippen molar-refractivity contribution in [3.05, 3.63) is 47.5 Å². The van der Waals surface area contributed by atoms with E-state index in [1.807, 2.05) is 0 Å².